The maximum atomic E-state index is 14.0. The van der Waals surface area contributed by atoms with Crippen molar-refractivity contribution in [3.8, 4) is 0 Å². The van der Waals surface area contributed by atoms with Gasteiger partial charge in [-0.2, -0.15) is 0 Å². The lowest BCUT2D eigenvalue weighted by Gasteiger charge is -2.30. The average Bonchev–Trinajstić information content (AvgIpc) is 3.62. The summed E-state index contributed by atoms with van der Waals surface area (Å²) in [5, 5.41) is 12.4. The van der Waals surface area contributed by atoms with Gasteiger partial charge in [0.05, 0.1) is 41.0 Å². The number of nitrogens with two attached hydrogens (primary N) is 2. The Morgan fingerprint density at radius 2 is 1.55 bits per heavy atom. The molecule has 13 nitrogen and oxygen atoms in total. The number of carbonyl (C=O) groups is 5. The summed E-state index contributed by atoms with van der Waals surface area (Å²) in [6, 6.07) is 14.8. The molecule has 2 heterocycles. The van der Waals surface area contributed by atoms with Crippen LogP contribution in [0, 0.1) is 17.8 Å². The van der Waals surface area contributed by atoms with Crippen molar-refractivity contribution in [1.29, 1.82) is 0 Å². The van der Waals surface area contributed by atoms with Crippen LogP contribution < -0.4 is 22.3 Å². The number of Topliss-reactive ketones (excluding diaryl/α,β-unsaturated/α-hetero) is 1. The molecule has 1 aromatic heterocycles. The highest BCUT2D eigenvalue weighted by Gasteiger charge is 2.43. The molecule has 0 fully saturated rings. The number of furan rings is 1. The largest absolute Gasteiger partial charge is 0.461 e. The van der Waals surface area contributed by atoms with Crippen LogP contribution in [-0.4, -0.2) is 58.1 Å². The molecule has 4 rings (SSSR count). The topological polar surface area (TPSA) is 210 Å². The van der Waals surface area contributed by atoms with Crippen LogP contribution in [0.4, 0.5) is 5.69 Å². The molecule has 1 aliphatic heterocycles. The lowest BCUT2D eigenvalue weighted by atomic mass is 9.83. The first-order valence-electron chi connectivity index (χ1n) is 14.0. The number of imide groups is 1. The van der Waals surface area contributed by atoms with Gasteiger partial charge in [-0.05, 0) is 54.3 Å². The third-order valence-corrected chi connectivity index (χ3v) is 7.28. The molecule has 4 amide bonds. The molecule has 230 valence electrons. The molecular formula is C31H34N6O7. The van der Waals surface area contributed by atoms with Gasteiger partial charge in [0, 0.05) is 13.0 Å². The van der Waals surface area contributed by atoms with Gasteiger partial charge in [-0.3, -0.25) is 34.1 Å². The van der Waals surface area contributed by atoms with Gasteiger partial charge in [-0.15, -0.1) is 0 Å². The first-order valence-corrected chi connectivity index (χ1v) is 14.0. The summed E-state index contributed by atoms with van der Waals surface area (Å²) < 4.78 is 5.30. The minimum Gasteiger partial charge on any atom is -0.461 e. The quantitative estimate of drug-likeness (QED) is 0.0484. The Balaban J connectivity index is 1.63. The van der Waals surface area contributed by atoms with Gasteiger partial charge in [0.2, 0.25) is 17.6 Å². The molecule has 3 aromatic rings. The summed E-state index contributed by atoms with van der Waals surface area (Å²) in [6.07, 6.45) is 1.53. The summed E-state index contributed by atoms with van der Waals surface area (Å²) in [6.45, 7) is 3.20. The number of hydroxylamine groups is 1. The van der Waals surface area contributed by atoms with Crippen LogP contribution in [0.25, 0.3) is 0 Å². The Morgan fingerprint density at radius 3 is 2.07 bits per heavy atom. The number of aliphatic imine (C=N–C) groups is 1. The molecule has 1 aliphatic rings. The fourth-order valence-corrected chi connectivity index (χ4v) is 5.21. The van der Waals surface area contributed by atoms with Crippen molar-refractivity contribution in [1.82, 2.24) is 15.7 Å². The molecule has 2 aromatic carbocycles. The number of hydrogen-bond donors (Lipinski definition) is 5. The number of amides is 4. The van der Waals surface area contributed by atoms with Gasteiger partial charge in [0.1, 0.15) is 0 Å². The van der Waals surface area contributed by atoms with E-state index < -0.39 is 53.8 Å². The average molecular weight is 603 g/mol. The number of nitrogens with one attached hydrogen (secondary N) is 2. The van der Waals surface area contributed by atoms with Crippen molar-refractivity contribution in [2.24, 2.45) is 34.2 Å². The Kier molecular flexibility index (Phi) is 9.91. The standard InChI is InChI=1S/C31H34N6O7/c1-17(2)14-22(23(28(40)36-43)16-37-29(41)20-6-3-4-7-21(20)30(37)42)27(39)35-24(26(38)25-8-5-13-44-25)15-18-9-11-19(12-10-18)34-31(32)33/h3-13,17,22-24,43H,14-16H2,1-2H3,(H,35,39)(H,36,40)(H4,32,33,34)/t22-,23?,24+/m1/s1. The van der Waals surface area contributed by atoms with Crippen LogP contribution in [0.15, 0.2) is 76.3 Å². The second kappa shape index (κ2) is 13.8. The smallest absolute Gasteiger partial charge is 0.261 e. The molecule has 0 radical (unpaired) electrons. The first-order chi connectivity index (χ1) is 21.0. The third kappa shape index (κ3) is 7.18. The summed E-state index contributed by atoms with van der Waals surface area (Å²) in [4.78, 5) is 71.5. The SMILES string of the molecule is CC(C)C[C@@H](C(=O)N[C@@H](Cc1ccc(N=C(N)N)cc1)C(=O)c1ccco1)C(CN1C(=O)c2ccccc2C1=O)C(=O)NO. The van der Waals surface area contributed by atoms with E-state index >= 15 is 0 Å². The van der Waals surface area contributed by atoms with Crippen molar-refractivity contribution in [3.05, 3.63) is 89.4 Å². The number of guanidine groups is 1. The van der Waals surface area contributed by atoms with E-state index in [-0.39, 0.29) is 41.6 Å². The van der Waals surface area contributed by atoms with Gasteiger partial charge in [0.25, 0.3) is 11.8 Å². The van der Waals surface area contributed by atoms with Gasteiger partial charge in [-0.25, -0.2) is 10.5 Å². The van der Waals surface area contributed by atoms with E-state index in [0.717, 1.165) is 4.90 Å². The van der Waals surface area contributed by atoms with Crippen molar-refractivity contribution in [3.63, 3.8) is 0 Å². The minimum absolute atomic E-state index is 0.0171. The fraction of sp³-hybridized carbons (Fsp3) is 0.290. The Bertz CT molecular complexity index is 1530. The molecule has 13 heteroatoms. The molecule has 0 bridgehead atoms. The number of carbonyl (C=O) groups excluding carboxylic acids is 5. The van der Waals surface area contributed by atoms with E-state index in [1.807, 2.05) is 13.8 Å². The Morgan fingerprint density at radius 1 is 0.909 bits per heavy atom. The third-order valence-electron chi connectivity index (χ3n) is 7.28. The predicted molar refractivity (Wildman–Crippen MR) is 159 cm³/mol. The van der Waals surface area contributed by atoms with Crippen molar-refractivity contribution < 1.29 is 33.6 Å². The van der Waals surface area contributed by atoms with E-state index in [2.05, 4.69) is 10.3 Å². The van der Waals surface area contributed by atoms with E-state index in [1.54, 1.807) is 47.9 Å². The van der Waals surface area contributed by atoms with Crippen LogP contribution in [0.2, 0.25) is 0 Å². The molecule has 7 N–H and O–H groups in total. The molecule has 1 unspecified atom stereocenters. The van der Waals surface area contributed by atoms with Crippen LogP contribution >= 0.6 is 0 Å². The monoisotopic (exact) mass is 602 g/mol. The number of rotatable bonds is 13. The van der Waals surface area contributed by atoms with Crippen LogP contribution in [-0.2, 0) is 16.0 Å². The second-order valence-electron chi connectivity index (χ2n) is 10.9. The normalized spacial score (nSPS) is 14.5. The highest BCUT2D eigenvalue weighted by Crippen LogP contribution is 2.28. The van der Waals surface area contributed by atoms with Crippen LogP contribution in [0.3, 0.4) is 0 Å². The maximum Gasteiger partial charge on any atom is 0.261 e. The van der Waals surface area contributed by atoms with Crippen molar-refractivity contribution >= 4 is 41.1 Å². The zero-order valence-corrected chi connectivity index (χ0v) is 24.2. The van der Waals surface area contributed by atoms with E-state index in [9.17, 15) is 29.2 Å². The lowest BCUT2D eigenvalue weighted by Crippen LogP contribution is -2.51. The highest BCUT2D eigenvalue weighted by atomic mass is 16.5. The summed E-state index contributed by atoms with van der Waals surface area (Å²) in [7, 11) is 0. The lowest BCUT2D eigenvalue weighted by molar-refractivity contribution is -0.141. The van der Waals surface area contributed by atoms with E-state index in [1.165, 1.54) is 24.5 Å². The predicted octanol–water partition coefficient (Wildman–Crippen LogP) is 2.17. The summed E-state index contributed by atoms with van der Waals surface area (Å²) in [5.74, 6) is -6.05. The summed E-state index contributed by atoms with van der Waals surface area (Å²) in [5.41, 5.74) is 14.0. The number of ketones is 1. The Labute approximate surface area is 253 Å². The molecule has 0 spiro atoms. The Hall–Kier alpha value is -5.30. The zero-order chi connectivity index (χ0) is 32.0. The van der Waals surface area contributed by atoms with Crippen molar-refractivity contribution in [2.75, 3.05) is 6.54 Å². The number of hydrogen-bond acceptors (Lipinski definition) is 8. The molecule has 0 aliphatic carbocycles. The van der Waals surface area contributed by atoms with Crippen LogP contribution in [0.5, 0.6) is 0 Å². The number of nitrogens with zero attached hydrogens (tertiary/aromatic N) is 2. The first kappa shape index (κ1) is 31.6. The minimum atomic E-state index is -1.33. The molecule has 44 heavy (non-hydrogen) atoms. The maximum absolute atomic E-state index is 14.0. The van der Waals surface area contributed by atoms with Gasteiger partial charge in [-0.1, -0.05) is 38.1 Å². The van der Waals surface area contributed by atoms with E-state index in [4.69, 9.17) is 15.9 Å². The molecular weight excluding hydrogens is 568 g/mol. The van der Waals surface area contributed by atoms with Crippen molar-refractivity contribution in [2.45, 2.75) is 32.7 Å². The fourth-order valence-electron chi connectivity index (χ4n) is 5.21. The summed E-state index contributed by atoms with van der Waals surface area (Å²) >= 11 is 0. The molecule has 0 saturated heterocycles. The zero-order valence-electron chi connectivity index (χ0n) is 24.2. The van der Waals surface area contributed by atoms with Gasteiger partial charge in [0.15, 0.2) is 11.7 Å². The molecule has 3 atom stereocenters. The van der Waals surface area contributed by atoms with Crippen LogP contribution in [0.1, 0.15) is 57.1 Å². The number of fused-ring (bicyclic) bond motifs is 1. The van der Waals surface area contributed by atoms with Gasteiger partial charge >= 0.3 is 0 Å². The van der Waals surface area contributed by atoms with E-state index in [0.29, 0.717) is 11.3 Å². The molecule has 0 saturated carbocycles. The second-order valence-corrected chi connectivity index (χ2v) is 10.9. The number of benzene rings is 2. The highest BCUT2D eigenvalue weighted by molar-refractivity contribution is 6.21. The van der Waals surface area contributed by atoms with Gasteiger partial charge < -0.3 is 21.2 Å².